The Morgan fingerprint density at radius 2 is 1.97 bits per heavy atom. The molecular weight excluding hydrogens is 456 g/mol. The molecule has 182 valence electrons. The number of hydrogen-bond donors (Lipinski definition) is 1. The lowest BCUT2D eigenvalue weighted by molar-refractivity contribution is -0.116. The Morgan fingerprint density at radius 3 is 2.74 bits per heavy atom. The fourth-order valence-corrected chi connectivity index (χ4v) is 5.90. The monoisotopic (exact) mass is 488 g/mol. The Hall–Kier alpha value is -3.10. The molecule has 0 aliphatic carbocycles. The van der Waals surface area contributed by atoms with Crippen LogP contribution in [0, 0.1) is 13.8 Å². The van der Waals surface area contributed by atoms with E-state index < -0.39 is 0 Å². The average molecular weight is 489 g/mol. The van der Waals surface area contributed by atoms with Crippen molar-refractivity contribution in [1.29, 1.82) is 0 Å². The van der Waals surface area contributed by atoms with Gasteiger partial charge in [0.05, 0.1) is 11.9 Å². The van der Waals surface area contributed by atoms with Crippen LogP contribution in [0.3, 0.4) is 0 Å². The summed E-state index contributed by atoms with van der Waals surface area (Å²) >= 11 is 1.61. The molecule has 0 bridgehead atoms. The van der Waals surface area contributed by atoms with Crippen LogP contribution in [0.4, 0.5) is 5.13 Å². The van der Waals surface area contributed by atoms with Crippen LogP contribution >= 0.6 is 11.3 Å². The van der Waals surface area contributed by atoms with Crippen molar-refractivity contribution < 1.29 is 4.79 Å². The molecule has 7 nitrogen and oxygen atoms in total. The third-order valence-corrected chi connectivity index (χ3v) is 7.73. The summed E-state index contributed by atoms with van der Waals surface area (Å²) in [6.45, 7) is 11.1. The molecule has 0 saturated heterocycles. The van der Waals surface area contributed by atoms with E-state index >= 15 is 0 Å². The van der Waals surface area contributed by atoms with Crippen LogP contribution in [0.2, 0.25) is 0 Å². The first-order valence-electron chi connectivity index (χ1n) is 12.3. The quantitative estimate of drug-likeness (QED) is 0.386. The van der Waals surface area contributed by atoms with E-state index in [0.29, 0.717) is 18.0 Å². The van der Waals surface area contributed by atoms with E-state index in [2.05, 4.69) is 60.4 Å². The number of nitrogens with zero attached hydrogens (tertiary/aromatic N) is 5. The van der Waals surface area contributed by atoms with Crippen LogP contribution in [0.15, 0.2) is 36.5 Å². The number of anilines is 1. The highest BCUT2D eigenvalue weighted by Gasteiger charge is 2.22. The Labute approximate surface area is 210 Å². The number of carbonyl (C=O) groups is 1. The molecule has 1 aliphatic heterocycles. The predicted octanol–water partition coefficient (Wildman–Crippen LogP) is 5.22. The Bertz CT molecular complexity index is 1360. The number of benzene rings is 1. The topological polar surface area (TPSA) is 75.9 Å². The van der Waals surface area contributed by atoms with Gasteiger partial charge in [-0.3, -0.25) is 9.69 Å². The number of rotatable bonds is 7. The van der Waals surface area contributed by atoms with Gasteiger partial charge < -0.3 is 5.32 Å². The molecule has 0 unspecified atom stereocenters. The zero-order chi connectivity index (χ0) is 24.5. The molecular formula is C27H32N6OS. The molecule has 0 spiro atoms. The van der Waals surface area contributed by atoms with Gasteiger partial charge in [0.15, 0.2) is 10.8 Å². The van der Waals surface area contributed by atoms with E-state index in [4.69, 9.17) is 9.97 Å². The lowest BCUT2D eigenvalue weighted by Crippen LogP contribution is -2.29. The lowest BCUT2D eigenvalue weighted by atomic mass is 10.0. The first-order valence-corrected chi connectivity index (χ1v) is 13.1. The maximum atomic E-state index is 12.8. The summed E-state index contributed by atoms with van der Waals surface area (Å²) in [7, 11) is 0. The van der Waals surface area contributed by atoms with Crippen molar-refractivity contribution in [3.63, 3.8) is 0 Å². The molecule has 35 heavy (non-hydrogen) atoms. The number of aromatic nitrogens is 4. The first-order chi connectivity index (χ1) is 16.9. The molecule has 4 aromatic rings. The summed E-state index contributed by atoms with van der Waals surface area (Å²) in [4.78, 5) is 26.0. The third kappa shape index (κ3) is 4.99. The normalized spacial score (nSPS) is 14.0. The minimum Gasteiger partial charge on any atom is -0.302 e. The molecule has 0 fully saturated rings. The van der Waals surface area contributed by atoms with Crippen molar-refractivity contribution >= 4 is 33.4 Å². The summed E-state index contributed by atoms with van der Waals surface area (Å²) in [6, 6.07) is 10.8. The second-order valence-electron chi connectivity index (χ2n) is 9.60. The number of thiazole rings is 1. The fraction of sp³-hybridized carbons (Fsp3) is 0.407. The van der Waals surface area contributed by atoms with Crippen molar-refractivity contribution in [2.45, 2.75) is 66.1 Å². The number of amides is 1. The number of pyridine rings is 1. The third-order valence-electron chi connectivity index (χ3n) is 6.73. The Morgan fingerprint density at radius 1 is 1.17 bits per heavy atom. The molecule has 5 rings (SSSR count). The smallest absolute Gasteiger partial charge is 0.226 e. The van der Waals surface area contributed by atoms with E-state index in [0.717, 1.165) is 59.6 Å². The van der Waals surface area contributed by atoms with Gasteiger partial charge in [0.2, 0.25) is 5.91 Å². The summed E-state index contributed by atoms with van der Waals surface area (Å²) in [6.07, 6.45) is 3.86. The molecule has 1 aliphatic rings. The van der Waals surface area contributed by atoms with Gasteiger partial charge in [-0.15, -0.1) is 11.3 Å². The highest BCUT2D eigenvalue weighted by atomic mass is 32.1. The molecule has 1 amide bonds. The predicted molar refractivity (Wildman–Crippen MR) is 141 cm³/mol. The Balaban J connectivity index is 1.21. The summed E-state index contributed by atoms with van der Waals surface area (Å²) in [5.41, 5.74) is 6.62. The van der Waals surface area contributed by atoms with Crippen molar-refractivity contribution in [2.75, 3.05) is 11.9 Å². The van der Waals surface area contributed by atoms with Crippen LogP contribution in [-0.4, -0.2) is 37.1 Å². The van der Waals surface area contributed by atoms with Crippen molar-refractivity contribution in [1.82, 2.24) is 24.6 Å². The minimum absolute atomic E-state index is 0.00555. The van der Waals surface area contributed by atoms with E-state index in [1.807, 2.05) is 23.9 Å². The maximum Gasteiger partial charge on any atom is 0.226 e. The standard InChI is InChI=1S/C27H32N6OS/c1-17(2)33-26-22(14-28-33)18(3)21(19(4)29-26)10-11-25(34)31-27-30-23-12-13-32(16-24(23)35-27)15-20-8-6-5-7-9-20/h5-9,14,17H,10-13,15-16H2,1-4H3,(H,30,31,34). The summed E-state index contributed by atoms with van der Waals surface area (Å²) in [5.74, 6) is -0.00555. The molecule has 0 atom stereocenters. The summed E-state index contributed by atoms with van der Waals surface area (Å²) < 4.78 is 1.96. The van der Waals surface area contributed by atoms with Gasteiger partial charge in [0.25, 0.3) is 0 Å². The number of carbonyl (C=O) groups excluding carboxylic acids is 1. The molecule has 1 aromatic carbocycles. The van der Waals surface area contributed by atoms with Gasteiger partial charge in [0.1, 0.15) is 0 Å². The molecule has 0 radical (unpaired) electrons. The van der Waals surface area contributed by atoms with Gasteiger partial charge in [0, 0.05) is 54.5 Å². The lowest BCUT2D eigenvalue weighted by Gasteiger charge is -2.25. The molecule has 3 aromatic heterocycles. The van der Waals surface area contributed by atoms with E-state index in [9.17, 15) is 4.79 Å². The average Bonchev–Trinajstić information content (AvgIpc) is 3.43. The number of hydrogen-bond acceptors (Lipinski definition) is 6. The second-order valence-corrected chi connectivity index (χ2v) is 10.7. The Kier molecular flexibility index (Phi) is 6.67. The van der Waals surface area contributed by atoms with E-state index in [1.165, 1.54) is 10.4 Å². The molecule has 1 N–H and O–H groups in total. The SMILES string of the molecule is Cc1nc2c(cnn2C(C)C)c(C)c1CCC(=O)Nc1nc2c(s1)CN(Cc1ccccc1)CC2. The molecule has 0 saturated carbocycles. The van der Waals surface area contributed by atoms with Crippen LogP contribution in [0.5, 0.6) is 0 Å². The van der Waals surface area contributed by atoms with Crippen LogP contribution in [0.25, 0.3) is 11.0 Å². The molecule has 4 heterocycles. The van der Waals surface area contributed by atoms with Crippen LogP contribution in [-0.2, 0) is 30.7 Å². The largest absolute Gasteiger partial charge is 0.302 e. The molecule has 8 heteroatoms. The maximum absolute atomic E-state index is 12.8. The van der Waals surface area contributed by atoms with Crippen LogP contribution < -0.4 is 5.32 Å². The number of nitrogens with one attached hydrogen (secondary N) is 1. The first kappa shape index (κ1) is 23.6. The summed E-state index contributed by atoms with van der Waals surface area (Å²) in [5, 5.41) is 9.33. The van der Waals surface area contributed by atoms with Crippen molar-refractivity contribution in [2.24, 2.45) is 0 Å². The van der Waals surface area contributed by atoms with Gasteiger partial charge >= 0.3 is 0 Å². The van der Waals surface area contributed by atoms with Gasteiger partial charge in [-0.2, -0.15) is 5.10 Å². The number of aryl methyl sites for hydroxylation is 2. The highest BCUT2D eigenvalue weighted by molar-refractivity contribution is 7.15. The number of fused-ring (bicyclic) bond motifs is 2. The van der Waals surface area contributed by atoms with Gasteiger partial charge in [-0.05, 0) is 50.8 Å². The van der Waals surface area contributed by atoms with Crippen molar-refractivity contribution in [3.05, 3.63) is 69.5 Å². The second kappa shape index (κ2) is 9.87. The fourth-order valence-electron chi connectivity index (χ4n) is 4.84. The van der Waals surface area contributed by atoms with Crippen LogP contribution in [0.1, 0.15) is 59.3 Å². The zero-order valence-corrected chi connectivity index (χ0v) is 21.7. The van der Waals surface area contributed by atoms with E-state index in [1.54, 1.807) is 11.3 Å². The van der Waals surface area contributed by atoms with E-state index in [-0.39, 0.29) is 11.9 Å². The highest BCUT2D eigenvalue weighted by Crippen LogP contribution is 2.30. The van der Waals surface area contributed by atoms with Crippen molar-refractivity contribution in [3.8, 4) is 0 Å². The van der Waals surface area contributed by atoms with Gasteiger partial charge in [-0.1, -0.05) is 30.3 Å². The zero-order valence-electron chi connectivity index (χ0n) is 20.8. The van der Waals surface area contributed by atoms with Gasteiger partial charge in [-0.25, -0.2) is 14.6 Å². The minimum atomic E-state index is -0.00555.